The van der Waals surface area contributed by atoms with Crippen LogP contribution in [0.25, 0.3) is 11.0 Å². The molecule has 4 aromatic rings. The van der Waals surface area contributed by atoms with Crippen LogP contribution in [0.3, 0.4) is 0 Å². The molecule has 1 saturated carbocycles. The molecule has 0 spiro atoms. The number of imidazole rings is 1. The summed E-state index contributed by atoms with van der Waals surface area (Å²) in [4.78, 5) is 33.7. The van der Waals surface area contributed by atoms with Gasteiger partial charge < -0.3 is 24.7 Å². The number of nitrogens with zero attached hydrogens (tertiary/aromatic N) is 5. The molecule has 208 valence electrons. The van der Waals surface area contributed by atoms with Crippen LogP contribution in [0.15, 0.2) is 47.4 Å². The Labute approximate surface area is 231 Å². The number of aromatic nitrogens is 5. The van der Waals surface area contributed by atoms with Crippen LogP contribution in [0.5, 0.6) is 11.5 Å². The van der Waals surface area contributed by atoms with E-state index in [2.05, 4.69) is 29.5 Å². The van der Waals surface area contributed by atoms with E-state index >= 15 is 0 Å². The highest BCUT2D eigenvalue weighted by Crippen LogP contribution is 2.39. The summed E-state index contributed by atoms with van der Waals surface area (Å²) in [6.07, 6.45) is 4.64. The Balaban J connectivity index is 1.26. The topological polar surface area (TPSA) is 125 Å². The lowest BCUT2D eigenvalue weighted by Crippen LogP contribution is -2.30. The molecule has 1 aliphatic heterocycles. The highest BCUT2D eigenvalue weighted by atomic mass is 16.5. The quantitative estimate of drug-likeness (QED) is 0.327. The molecule has 0 radical (unpaired) electrons. The van der Waals surface area contributed by atoms with E-state index in [-0.39, 0.29) is 23.0 Å². The molecule has 3 aromatic heterocycles. The molecule has 2 N–H and O–H groups in total. The van der Waals surface area contributed by atoms with E-state index in [9.17, 15) is 9.59 Å². The smallest absolute Gasteiger partial charge is 0.290 e. The fourth-order valence-electron chi connectivity index (χ4n) is 5.20. The Morgan fingerprint density at radius 1 is 1.18 bits per heavy atom. The molecule has 0 unspecified atom stereocenters. The van der Waals surface area contributed by atoms with Crippen LogP contribution in [-0.2, 0) is 23.1 Å². The summed E-state index contributed by atoms with van der Waals surface area (Å²) in [6, 6.07) is 10.8. The van der Waals surface area contributed by atoms with Gasteiger partial charge in [-0.25, -0.2) is 14.6 Å². The van der Waals surface area contributed by atoms with Crippen molar-refractivity contribution in [2.75, 3.05) is 17.2 Å². The van der Waals surface area contributed by atoms with Gasteiger partial charge in [0.2, 0.25) is 11.9 Å². The van der Waals surface area contributed by atoms with Crippen molar-refractivity contribution < 1.29 is 14.3 Å². The van der Waals surface area contributed by atoms with Crippen molar-refractivity contribution in [3.63, 3.8) is 0 Å². The monoisotopic (exact) mass is 543 g/mol. The lowest BCUT2D eigenvalue weighted by Gasteiger charge is -2.16. The fourth-order valence-corrected chi connectivity index (χ4v) is 5.20. The zero-order valence-corrected chi connectivity index (χ0v) is 23.1. The van der Waals surface area contributed by atoms with Crippen molar-refractivity contribution >= 4 is 34.4 Å². The second-order valence-corrected chi connectivity index (χ2v) is 11.3. The maximum Gasteiger partial charge on any atom is 0.290 e. The zero-order chi connectivity index (χ0) is 28.0. The van der Waals surface area contributed by atoms with Gasteiger partial charge in [-0.1, -0.05) is 0 Å². The number of aryl methyl sites for hydroxylation is 1. The first-order valence-corrected chi connectivity index (χ1v) is 13.5. The number of nitrogens with one attached hydrogen (secondary N) is 2. The van der Waals surface area contributed by atoms with E-state index in [0.717, 1.165) is 36.0 Å². The molecule has 6 rings (SSSR count). The summed E-state index contributed by atoms with van der Waals surface area (Å²) in [5, 5.41) is 10.7. The van der Waals surface area contributed by atoms with Crippen molar-refractivity contribution in [2.45, 2.75) is 58.1 Å². The lowest BCUT2D eigenvalue weighted by atomic mass is 9.98. The third-order valence-corrected chi connectivity index (χ3v) is 7.28. The third-order valence-electron chi connectivity index (χ3n) is 7.28. The van der Waals surface area contributed by atoms with Gasteiger partial charge in [0.15, 0.2) is 0 Å². The van der Waals surface area contributed by atoms with Crippen LogP contribution in [-0.4, -0.2) is 42.4 Å². The average molecular weight is 544 g/mol. The van der Waals surface area contributed by atoms with Gasteiger partial charge in [0.25, 0.3) is 5.56 Å². The summed E-state index contributed by atoms with van der Waals surface area (Å²) < 4.78 is 15.4. The summed E-state index contributed by atoms with van der Waals surface area (Å²) in [7, 11) is 1.89. The maximum atomic E-state index is 13.5. The number of ether oxygens (including phenoxy) is 2. The number of carbonyl (C=O) groups is 1. The Morgan fingerprint density at radius 3 is 2.70 bits per heavy atom. The number of anilines is 3. The minimum Gasteiger partial charge on any atom is -0.457 e. The highest BCUT2D eigenvalue weighted by molar-refractivity contribution is 5.87. The van der Waals surface area contributed by atoms with Gasteiger partial charge in [-0.3, -0.25) is 9.59 Å². The number of pyridine rings is 1. The molecule has 1 atom stereocenters. The van der Waals surface area contributed by atoms with Crippen molar-refractivity contribution in [3.05, 3.63) is 58.6 Å². The summed E-state index contributed by atoms with van der Waals surface area (Å²) in [5.74, 6) is 2.53. The number of hydrogen-bond donors (Lipinski definition) is 2. The minimum absolute atomic E-state index is 0.169. The second kappa shape index (κ2) is 10.1. The largest absolute Gasteiger partial charge is 0.457 e. The van der Waals surface area contributed by atoms with Gasteiger partial charge in [-0.2, -0.15) is 5.10 Å². The number of benzene rings is 1. The van der Waals surface area contributed by atoms with Crippen LogP contribution in [0.4, 0.5) is 17.5 Å². The minimum atomic E-state index is -0.206. The number of fused-ring (bicyclic) bond motifs is 1. The molecule has 1 aliphatic carbocycles. The van der Waals surface area contributed by atoms with Crippen molar-refractivity contribution in [1.29, 1.82) is 0 Å². The predicted molar refractivity (Wildman–Crippen MR) is 151 cm³/mol. The van der Waals surface area contributed by atoms with Gasteiger partial charge in [0.1, 0.15) is 23.0 Å². The molecule has 4 heterocycles. The molecule has 0 bridgehead atoms. The Bertz CT molecular complexity index is 1650. The summed E-state index contributed by atoms with van der Waals surface area (Å²) >= 11 is 0. The molecular formula is C29H33N7O4. The molecule has 1 aromatic carbocycles. The SMILES string of the molecule is CC(=O)Nc1cc(Oc2ccc3nc(Nc4cc(C5CC5)nn(C[C@H]5COC(C)(C)C5)c4=O)n(C)c3c2)ccn1. The first-order chi connectivity index (χ1) is 19.1. The maximum absolute atomic E-state index is 13.5. The van der Waals surface area contributed by atoms with Crippen molar-refractivity contribution in [1.82, 2.24) is 24.3 Å². The number of amides is 1. The Morgan fingerprint density at radius 2 is 1.98 bits per heavy atom. The van der Waals surface area contributed by atoms with E-state index in [1.807, 2.05) is 35.9 Å². The van der Waals surface area contributed by atoms with Crippen molar-refractivity contribution in [3.8, 4) is 11.5 Å². The highest BCUT2D eigenvalue weighted by Gasteiger charge is 2.33. The van der Waals surface area contributed by atoms with Crippen molar-refractivity contribution in [2.24, 2.45) is 13.0 Å². The lowest BCUT2D eigenvalue weighted by molar-refractivity contribution is -0.114. The van der Waals surface area contributed by atoms with Crippen LogP contribution < -0.4 is 20.9 Å². The molecular weight excluding hydrogens is 510 g/mol. The van der Waals surface area contributed by atoms with Crippen LogP contribution >= 0.6 is 0 Å². The van der Waals surface area contributed by atoms with Gasteiger partial charge in [-0.05, 0) is 57.4 Å². The van der Waals surface area contributed by atoms with E-state index in [4.69, 9.17) is 19.6 Å². The van der Waals surface area contributed by atoms with E-state index in [1.54, 1.807) is 23.0 Å². The Kier molecular flexibility index (Phi) is 6.53. The zero-order valence-electron chi connectivity index (χ0n) is 23.1. The number of hydrogen-bond acceptors (Lipinski definition) is 8. The molecule has 2 aliphatic rings. The summed E-state index contributed by atoms with van der Waals surface area (Å²) in [6.45, 7) is 6.74. The molecule has 2 fully saturated rings. The molecule has 1 amide bonds. The van der Waals surface area contributed by atoms with Crippen LogP contribution in [0, 0.1) is 5.92 Å². The van der Waals surface area contributed by atoms with Gasteiger partial charge in [0, 0.05) is 44.1 Å². The normalized spacial score (nSPS) is 18.1. The van der Waals surface area contributed by atoms with E-state index in [1.165, 1.54) is 6.92 Å². The molecule has 1 saturated heterocycles. The van der Waals surface area contributed by atoms with Crippen LogP contribution in [0.1, 0.15) is 51.6 Å². The van der Waals surface area contributed by atoms with E-state index < -0.39 is 0 Å². The van der Waals surface area contributed by atoms with E-state index in [0.29, 0.717) is 48.0 Å². The number of carbonyl (C=O) groups excluding carboxylic acids is 1. The van der Waals surface area contributed by atoms with Gasteiger partial charge in [0.05, 0.1) is 35.5 Å². The third kappa shape index (κ3) is 5.55. The van der Waals surface area contributed by atoms with Gasteiger partial charge in [-0.15, -0.1) is 0 Å². The standard InChI is InChI=1S/C29H33N7O4/c1-17(37)31-26-12-21(9-10-30-26)40-20-7-8-22-25(11-20)35(4)28(32-22)33-24-13-23(19-5-6-19)34-36(27(24)38)15-18-14-29(2,3)39-16-18/h7-13,18-19H,5-6,14-16H2,1-4H3,(H,32,33)(H,30,31,37)/t18-/m0/s1. The molecule has 11 nitrogen and oxygen atoms in total. The first-order valence-electron chi connectivity index (χ1n) is 13.5. The summed E-state index contributed by atoms with van der Waals surface area (Å²) in [5.41, 5.74) is 2.65. The predicted octanol–water partition coefficient (Wildman–Crippen LogP) is 4.71. The molecule has 11 heteroatoms. The first kappa shape index (κ1) is 26.0. The Hall–Kier alpha value is -4.25. The number of rotatable bonds is 8. The molecule has 40 heavy (non-hydrogen) atoms. The van der Waals surface area contributed by atoms with Gasteiger partial charge >= 0.3 is 0 Å². The van der Waals surface area contributed by atoms with Crippen LogP contribution in [0.2, 0.25) is 0 Å². The second-order valence-electron chi connectivity index (χ2n) is 11.3. The fraction of sp³-hybridized carbons (Fsp3) is 0.414. The average Bonchev–Trinajstić information content (AvgIpc) is 3.63.